The lowest BCUT2D eigenvalue weighted by Gasteiger charge is -1.92. The van der Waals surface area contributed by atoms with E-state index in [2.05, 4.69) is 15.0 Å². The Kier molecular flexibility index (Phi) is 3.41. The Balaban J connectivity index is 1.80. The van der Waals surface area contributed by atoms with E-state index < -0.39 is 4.92 Å². The fraction of sp³-hybridized carbons (Fsp3) is 0.167. The van der Waals surface area contributed by atoms with E-state index in [0.717, 1.165) is 21.4 Å². The van der Waals surface area contributed by atoms with Gasteiger partial charge in [0.25, 0.3) is 5.69 Å². The van der Waals surface area contributed by atoms with Crippen LogP contribution in [0.1, 0.15) is 11.5 Å². The molecule has 0 aliphatic carbocycles. The molecule has 0 saturated heterocycles. The van der Waals surface area contributed by atoms with Gasteiger partial charge in [-0.25, -0.2) is 9.97 Å². The summed E-state index contributed by atoms with van der Waals surface area (Å²) < 4.78 is 0.994. The number of nitro groups is 1. The highest BCUT2D eigenvalue weighted by molar-refractivity contribution is 8.00. The number of nitrogens with one attached hydrogen (secondary N) is 1. The van der Waals surface area contributed by atoms with Crippen LogP contribution in [-0.2, 0) is 5.75 Å². The minimum absolute atomic E-state index is 0.0656. The number of aromatic nitrogens is 3. The monoisotopic (exact) mass is 306 g/mol. The number of thiazole rings is 1. The Hall–Kier alpha value is -1.93. The van der Waals surface area contributed by atoms with E-state index >= 15 is 0 Å². The summed E-state index contributed by atoms with van der Waals surface area (Å²) in [5.74, 6) is 1.45. The molecule has 0 saturated carbocycles. The number of aryl methyl sites for hydroxylation is 1. The molecule has 1 N–H and O–H groups in total. The van der Waals surface area contributed by atoms with E-state index in [0.29, 0.717) is 11.3 Å². The Labute approximate surface area is 122 Å². The summed E-state index contributed by atoms with van der Waals surface area (Å²) in [6.45, 7) is 1.96. The summed E-state index contributed by atoms with van der Waals surface area (Å²) in [6, 6.07) is 4.62. The molecule has 8 heteroatoms. The zero-order valence-electron chi connectivity index (χ0n) is 10.5. The molecule has 0 amide bonds. The van der Waals surface area contributed by atoms with E-state index in [-0.39, 0.29) is 5.69 Å². The van der Waals surface area contributed by atoms with Crippen LogP contribution in [0.4, 0.5) is 5.69 Å². The van der Waals surface area contributed by atoms with Crippen LogP contribution >= 0.6 is 23.1 Å². The average molecular weight is 306 g/mol. The smallest absolute Gasteiger partial charge is 0.271 e. The van der Waals surface area contributed by atoms with Crippen LogP contribution in [0, 0.1) is 17.0 Å². The molecule has 0 aliphatic heterocycles. The molecule has 0 aliphatic rings. The van der Waals surface area contributed by atoms with Gasteiger partial charge in [-0.2, -0.15) is 0 Å². The van der Waals surface area contributed by atoms with Gasteiger partial charge in [0.1, 0.15) is 5.82 Å². The summed E-state index contributed by atoms with van der Waals surface area (Å²) in [4.78, 5) is 22.2. The minimum atomic E-state index is -0.410. The predicted molar refractivity (Wildman–Crippen MR) is 79.2 cm³/mol. The molecule has 0 atom stereocenters. The van der Waals surface area contributed by atoms with Crippen molar-refractivity contribution in [1.29, 1.82) is 0 Å². The number of hydrogen-bond donors (Lipinski definition) is 1. The third-order valence-electron chi connectivity index (χ3n) is 2.66. The van der Waals surface area contributed by atoms with Gasteiger partial charge < -0.3 is 4.98 Å². The zero-order chi connectivity index (χ0) is 14.1. The molecule has 0 spiro atoms. The molecule has 0 radical (unpaired) electrons. The molecular formula is C12H10N4O2S2. The first-order valence-corrected chi connectivity index (χ1v) is 7.66. The van der Waals surface area contributed by atoms with Crippen LogP contribution in [0.3, 0.4) is 0 Å². The molecule has 2 heterocycles. The number of benzene rings is 1. The zero-order valence-corrected chi connectivity index (χ0v) is 12.1. The standard InChI is InChI=1S/C12H10N4O2S2/c1-7-5-19-12(13-7)20-6-11-14-9-3-2-8(16(17)18)4-10(9)15-11/h2-5H,6H2,1H3,(H,14,15). The normalized spacial score (nSPS) is 11.1. The Morgan fingerprint density at radius 2 is 2.30 bits per heavy atom. The first-order valence-electron chi connectivity index (χ1n) is 5.80. The van der Waals surface area contributed by atoms with E-state index in [1.165, 1.54) is 12.1 Å². The lowest BCUT2D eigenvalue weighted by molar-refractivity contribution is -0.384. The molecule has 0 unspecified atom stereocenters. The van der Waals surface area contributed by atoms with Crippen molar-refractivity contribution in [2.24, 2.45) is 0 Å². The van der Waals surface area contributed by atoms with Crippen molar-refractivity contribution in [2.45, 2.75) is 17.0 Å². The number of thioether (sulfide) groups is 1. The quantitative estimate of drug-likeness (QED) is 0.453. The molecule has 3 aromatic rings. The predicted octanol–water partition coefficient (Wildman–Crippen LogP) is 3.53. The van der Waals surface area contributed by atoms with Crippen LogP contribution in [0.15, 0.2) is 27.9 Å². The second-order valence-corrected chi connectivity index (χ2v) is 6.27. The first-order chi connectivity index (χ1) is 9.61. The van der Waals surface area contributed by atoms with Crippen molar-refractivity contribution < 1.29 is 4.92 Å². The molecule has 0 bridgehead atoms. The highest BCUT2D eigenvalue weighted by Gasteiger charge is 2.10. The number of rotatable bonds is 4. The molecule has 3 rings (SSSR count). The van der Waals surface area contributed by atoms with Gasteiger partial charge in [0.15, 0.2) is 4.34 Å². The summed E-state index contributed by atoms with van der Waals surface area (Å²) in [5.41, 5.74) is 2.50. The molecular weight excluding hydrogens is 296 g/mol. The fourth-order valence-corrected chi connectivity index (χ4v) is 3.48. The van der Waals surface area contributed by atoms with Crippen LogP contribution in [0.5, 0.6) is 0 Å². The van der Waals surface area contributed by atoms with Gasteiger partial charge in [0.2, 0.25) is 0 Å². The number of H-pyrrole nitrogens is 1. The number of hydrogen-bond acceptors (Lipinski definition) is 6. The van der Waals surface area contributed by atoms with Gasteiger partial charge >= 0.3 is 0 Å². The van der Waals surface area contributed by atoms with Crippen molar-refractivity contribution in [1.82, 2.24) is 15.0 Å². The van der Waals surface area contributed by atoms with E-state index in [4.69, 9.17) is 0 Å². The third kappa shape index (κ3) is 2.66. The summed E-state index contributed by atoms with van der Waals surface area (Å²) in [5, 5.41) is 12.7. The third-order valence-corrected chi connectivity index (χ3v) is 4.81. The maximum Gasteiger partial charge on any atom is 0.271 e. The number of non-ortho nitro benzene ring substituents is 1. The van der Waals surface area contributed by atoms with Gasteiger partial charge in [-0.15, -0.1) is 11.3 Å². The van der Waals surface area contributed by atoms with Gasteiger partial charge in [-0.05, 0) is 13.0 Å². The number of aromatic amines is 1. The second-order valence-electron chi connectivity index (χ2n) is 4.19. The van der Waals surface area contributed by atoms with E-state index in [1.807, 2.05) is 12.3 Å². The SMILES string of the molecule is Cc1csc(SCc2nc3ccc([N+](=O)[O-])cc3[nH]2)n1. The van der Waals surface area contributed by atoms with Crippen molar-refractivity contribution in [2.75, 3.05) is 0 Å². The highest BCUT2D eigenvalue weighted by Crippen LogP contribution is 2.26. The Morgan fingerprint density at radius 3 is 3.00 bits per heavy atom. The molecule has 20 heavy (non-hydrogen) atoms. The van der Waals surface area contributed by atoms with Gasteiger partial charge in [-0.3, -0.25) is 10.1 Å². The largest absolute Gasteiger partial charge is 0.341 e. The number of fused-ring (bicyclic) bond motifs is 1. The lowest BCUT2D eigenvalue weighted by Crippen LogP contribution is -1.86. The molecule has 6 nitrogen and oxygen atoms in total. The van der Waals surface area contributed by atoms with Gasteiger partial charge in [0.05, 0.1) is 21.7 Å². The summed E-state index contributed by atoms with van der Waals surface area (Å²) >= 11 is 3.20. The molecule has 2 aromatic heterocycles. The van der Waals surface area contributed by atoms with Crippen LogP contribution in [-0.4, -0.2) is 19.9 Å². The van der Waals surface area contributed by atoms with Crippen LogP contribution < -0.4 is 0 Å². The van der Waals surface area contributed by atoms with E-state index in [1.54, 1.807) is 29.2 Å². The summed E-state index contributed by atoms with van der Waals surface area (Å²) in [6.07, 6.45) is 0. The minimum Gasteiger partial charge on any atom is -0.341 e. The summed E-state index contributed by atoms with van der Waals surface area (Å²) in [7, 11) is 0. The van der Waals surface area contributed by atoms with Crippen molar-refractivity contribution in [3.63, 3.8) is 0 Å². The van der Waals surface area contributed by atoms with E-state index in [9.17, 15) is 10.1 Å². The fourth-order valence-electron chi connectivity index (χ4n) is 1.76. The van der Waals surface area contributed by atoms with Crippen molar-refractivity contribution >= 4 is 39.8 Å². The Morgan fingerprint density at radius 1 is 1.45 bits per heavy atom. The number of imidazole rings is 1. The van der Waals surface area contributed by atoms with Gasteiger partial charge in [0, 0.05) is 23.2 Å². The maximum absolute atomic E-state index is 10.7. The Bertz CT molecular complexity index is 781. The number of nitrogens with zero attached hydrogens (tertiary/aromatic N) is 3. The van der Waals surface area contributed by atoms with Crippen molar-refractivity contribution in [3.05, 3.63) is 45.2 Å². The van der Waals surface area contributed by atoms with Crippen LogP contribution in [0.2, 0.25) is 0 Å². The average Bonchev–Trinajstić information content (AvgIpc) is 3.00. The molecule has 102 valence electrons. The highest BCUT2D eigenvalue weighted by atomic mass is 32.2. The first kappa shape index (κ1) is 13.1. The van der Waals surface area contributed by atoms with Crippen LogP contribution in [0.25, 0.3) is 11.0 Å². The topological polar surface area (TPSA) is 84.7 Å². The van der Waals surface area contributed by atoms with Crippen molar-refractivity contribution in [3.8, 4) is 0 Å². The molecule has 0 fully saturated rings. The molecule has 1 aromatic carbocycles. The lowest BCUT2D eigenvalue weighted by atomic mass is 10.3. The number of nitro benzene ring substituents is 1. The van der Waals surface area contributed by atoms with Gasteiger partial charge in [-0.1, -0.05) is 11.8 Å². The second kappa shape index (κ2) is 5.22. The maximum atomic E-state index is 10.7.